The van der Waals surface area contributed by atoms with Crippen LogP contribution in [0.3, 0.4) is 0 Å². The van der Waals surface area contributed by atoms with Gasteiger partial charge in [0.1, 0.15) is 12.4 Å². The summed E-state index contributed by atoms with van der Waals surface area (Å²) >= 11 is 0. The lowest BCUT2D eigenvalue weighted by Gasteiger charge is -2.26. The Kier molecular flexibility index (Phi) is 4.61. The van der Waals surface area contributed by atoms with Crippen LogP contribution in [0, 0.1) is 5.82 Å². The highest BCUT2D eigenvalue weighted by molar-refractivity contribution is 5.81. The van der Waals surface area contributed by atoms with Crippen LogP contribution < -0.4 is 5.43 Å². The summed E-state index contributed by atoms with van der Waals surface area (Å²) in [4.78, 5) is 26.1. The van der Waals surface area contributed by atoms with E-state index in [2.05, 4.69) is 5.10 Å². The monoisotopic (exact) mass is 339 g/mol. The molecule has 128 valence electrons. The van der Waals surface area contributed by atoms with E-state index in [9.17, 15) is 14.0 Å². The number of fused-ring (bicyclic) bond motifs is 1. The van der Waals surface area contributed by atoms with Crippen LogP contribution in [0.25, 0.3) is 10.9 Å². The Bertz CT molecular complexity index is 966. The summed E-state index contributed by atoms with van der Waals surface area (Å²) in [6.07, 6.45) is 1.22. The van der Waals surface area contributed by atoms with Crippen molar-refractivity contribution in [3.8, 4) is 0 Å². The maximum Gasteiger partial charge on any atom is 0.244 e. The van der Waals surface area contributed by atoms with E-state index < -0.39 is 0 Å². The van der Waals surface area contributed by atoms with Crippen molar-refractivity contribution in [2.45, 2.75) is 19.5 Å². The quantitative estimate of drug-likeness (QED) is 0.734. The molecule has 0 radical (unpaired) electrons. The topological polar surface area (TPSA) is 55.2 Å². The molecule has 1 amide bonds. The number of carbonyl (C=O) groups is 1. The third kappa shape index (κ3) is 3.42. The third-order valence-corrected chi connectivity index (χ3v) is 4.37. The number of carbonyl (C=O) groups excluding carboxylic acids is 1. The molecule has 0 fully saturated rings. The van der Waals surface area contributed by atoms with Crippen molar-refractivity contribution < 1.29 is 9.18 Å². The van der Waals surface area contributed by atoms with Crippen molar-refractivity contribution in [2.24, 2.45) is 0 Å². The van der Waals surface area contributed by atoms with Gasteiger partial charge in [0.15, 0.2) is 0 Å². The van der Waals surface area contributed by atoms with Crippen LogP contribution in [-0.4, -0.2) is 27.6 Å². The van der Waals surface area contributed by atoms with Gasteiger partial charge in [0.25, 0.3) is 0 Å². The summed E-state index contributed by atoms with van der Waals surface area (Å²) < 4.78 is 14.6. The van der Waals surface area contributed by atoms with Gasteiger partial charge in [0.05, 0.1) is 17.8 Å². The third-order valence-electron chi connectivity index (χ3n) is 4.37. The van der Waals surface area contributed by atoms with Crippen LogP contribution >= 0.6 is 0 Å². The number of nitrogens with zero attached hydrogens (tertiary/aromatic N) is 3. The van der Waals surface area contributed by atoms with E-state index in [1.807, 2.05) is 6.92 Å². The van der Waals surface area contributed by atoms with Gasteiger partial charge in [-0.15, -0.1) is 0 Å². The molecule has 0 saturated heterocycles. The lowest BCUT2D eigenvalue weighted by molar-refractivity contribution is -0.132. The number of likely N-dealkylation sites (N-methyl/N-ethyl adjacent to an activating group) is 1. The highest BCUT2D eigenvalue weighted by Gasteiger charge is 2.18. The van der Waals surface area contributed by atoms with Crippen molar-refractivity contribution in [3.05, 3.63) is 76.3 Å². The first-order chi connectivity index (χ1) is 12.0. The van der Waals surface area contributed by atoms with Crippen molar-refractivity contribution in [1.82, 2.24) is 14.7 Å². The molecule has 1 unspecified atom stereocenters. The predicted molar refractivity (Wildman–Crippen MR) is 93.6 cm³/mol. The minimum Gasteiger partial charge on any atom is -0.337 e. The molecule has 3 rings (SSSR count). The highest BCUT2D eigenvalue weighted by Crippen LogP contribution is 2.19. The Morgan fingerprint density at radius 2 is 1.88 bits per heavy atom. The van der Waals surface area contributed by atoms with E-state index in [0.717, 1.165) is 5.56 Å². The van der Waals surface area contributed by atoms with E-state index in [1.165, 1.54) is 23.0 Å². The van der Waals surface area contributed by atoms with Gasteiger partial charge < -0.3 is 4.90 Å². The average Bonchev–Trinajstić information content (AvgIpc) is 2.63. The summed E-state index contributed by atoms with van der Waals surface area (Å²) in [7, 11) is 1.70. The van der Waals surface area contributed by atoms with Gasteiger partial charge in [-0.05, 0) is 36.8 Å². The Balaban J connectivity index is 1.83. The second-order valence-corrected chi connectivity index (χ2v) is 5.92. The molecule has 1 aromatic heterocycles. The first-order valence-corrected chi connectivity index (χ1v) is 7.93. The number of benzene rings is 2. The van der Waals surface area contributed by atoms with Crippen molar-refractivity contribution in [2.75, 3.05) is 7.05 Å². The molecule has 1 atom stereocenters. The summed E-state index contributed by atoms with van der Waals surface area (Å²) in [5, 5.41) is 4.61. The zero-order valence-corrected chi connectivity index (χ0v) is 14.0. The summed E-state index contributed by atoms with van der Waals surface area (Å²) in [5.74, 6) is -0.466. The van der Waals surface area contributed by atoms with Crippen molar-refractivity contribution in [1.29, 1.82) is 0 Å². The molecule has 0 saturated carbocycles. The van der Waals surface area contributed by atoms with E-state index in [4.69, 9.17) is 0 Å². The van der Waals surface area contributed by atoms with Crippen LogP contribution in [0.2, 0.25) is 0 Å². The summed E-state index contributed by atoms with van der Waals surface area (Å²) in [6.45, 7) is 1.89. The molecule has 0 N–H and O–H groups in total. The number of amides is 1. The number of halogens is 1. The van der Waals surface area contributed by atoms with Crippen LogP contribution in [0.4, 0.5) is 4.39 Å². The van der Waals surface area contributed by atoms with Crippen molar-refractivity contribution in [3.63, 3.8) is 0 Å². The highest BCUT2D eigenvalue weighted by atomic mass is 19.1. The van der Waals surface area contributed by atoms with Gasteiger partial charge in [-0.1, -0.05) is 24.3 Å². The predicted octanol–water partition coefficient (Wildman–Crippen LogP) is 2.76. The van der Waals surface area contributed by atoms with E-state index in [-0.39, 0.29) is 29.7 Å². The lowest BCUT2D eigenvalue weighted by Crippen LogP contribution is -2.33. The first-order valence-electron chi connectivity index (χ1n) is 7.93. The van der Waals surface area contributed by atoms with Gasteiger partial charge in [0, 0.05) is 12.4 Å². The lowest BCUT2D eigenvalue weighted by atomic mass is 10.1. The molecule has 5 nitrogen and oxygen atoms in total. The van der Waals surface area contributed by atoms with Gasteiger partial charge in [-0.25, -0.2) is 4.39 Å². The molecule has 0 aliphatic carbocycles. The molecule has 0 aliphatic rings. The largest absolute Gasteiger partial charge is 0.337 e. The zero-order chi connectivity index (χ0) is 18.0. The minimum absolute atomic E-state index is 0.0167. The molecule has 25 heavy (non-hydrogen) atoms. The Morgan fingerprint density at radius 1 is 1.20 bits per heavy atom. The molecule has 1 heterocycles. The molecule has 3 aromatic rings. The average molecular weight is 339 g/mol. The number of hydrogen-bond acceptors (Lipinski definition) is 3. The van der Waals surface area contributed by atoms with E-state index in [1.54, 1.807) is 48.3 Å². The Morgan fingerprint density at radius 3 is 2.60 bits per heavy atom. The van der Waals surface area contributed by atoms with Crippen LogP contribution in [-0.2, 0) is 11.3 Å². The SMILES string of the molecule is CC(c1ccc(F)cc1)N(C)C(=O)Cn1ncc(=O)c2ccccc21. The minimum atomic E-state index is -0.311. The molecule has 0 bridgehead atoms. The summed E-state index contributed by atoms with van der Waals surface area (Å²) in [5.41, 5.74) is 1.29. The maximum atomic E-state index is 13.1. The fourth-order valence-electron chi connectivity index (χ4n) is 2.71. The second kappa shape index (κ2) is 6.84. The fraction of sp³-hybridized carbons (Fsp3) is 0.211. The van der Waals surface area contributed by atoms with Crippen LogP contribution in [0.1, 0.15) is 18.5 Å². The first kappa shape index (κ1) is 16.8. The molecular weight excluding hydrogens is 321 g/mol. The molecule has 0 aliphatic heterocycles. The number of hydrogen-bond donors (Lipinski definition) is 0. The normalized spacial score (nSPS) is 12.1. The van der Waals surface area contributed by atoms with E-state index in [0.29, 0.717) is 10.9 Å². The number of para-hydroxylation sites is 1. The smallest absolute Gasteiger partial charge is 0.244 e. The standard InChI is InChI=1S/C19H18FN3O2/c1-13(14-7-9-15(20)10-8-14)22(2)19(25)12-23-17-6-4-3-5-16(17)18(24)11-21-23/h3-11,13H,12H2,1-2H3. The van der Waals surface area contributed by atoms with Crippen LogP contribution in [0.5, 0.6) is 0 Å². The zero-order valence-electron chi connectivity index (χ0n) is 14.0. The second-order valence-electron chi connectivity index (χ2n) is 5.92. The molecule has 6 heteroatoms. The molecule has 0 spiro atoms. The summed E-state index contributed by atoms with van der Waals surface area (Å²) in [6, 6.07) is 12.9. The Labute approximate surface area is 144 Å². The fourth-order valence-corrected chi connectivity index (χ4v) is 2.71. The molecule has 2 aromatic carbocycles. The van der Waals surface area contributed by atoms with E-state index >= 15 is 0 Å². The van der Waals surface area contributed by atoms with Crippen LogP contribution in [0.15, 0.2) is 59.5 Å². The van der Waals surface area contributed by atoms with Gasteiger partial charge >= 0.3 is 0 Å². The van der Waals surface area contributed by atoms with Crippen molar-refractivity contribution >= 4 is 16.8 Å². The number of rotatable bonds is 4. The molecular formula is C19H18FN3O2. The Hall–Kier alpha value is -3.02. The van der Waals surface area contributed by atoms with Gasteiger partial charge in [-0.2, -0.15) is 5.10 Å². The van der Waals surface area contributed by atoms with Gasteiger partial charge in [0.2, 0.25) is 11.3 Å². The maximum absolute atomic E-state index is 13.1. The van der Waals surface area contributed by atoms with Gasteiger partial charge in [-0.3, -0.25) is 14.3 Å². The number of aromatic nitrogens is 2.